The molecule has 1 unspecified atom stereocenters. The number of carboxylic acids is 1. The Morgan fingerprint density at radius 1 is 0.970 bits per heavy atom. The average molecular weight is 454 g/mol. The summed E-state index contributed by atoms with van der Waals surface area (Å²) in [5.74, 6) is -1.76. The quantitative estimate of drug-likeness (QED) is 0.511. The molecule has 1 aliphatic carbocycles. The van der Waals surface area contributed by atoms with E-state index in [-0.39, 0.29) is 19.1 Å². The number of likely N-dealkylation sites (N-methyl/N-ethyl adjacent to an activating group) is 1. The summed E-state index contributed by atoms with van der Waals surface area (Å²) < 4.78 is 5.53. The SMILES string of the molecule is CCCC(NC(=O)OCC1c2ccccc2-c2ccccc21)C(=O)N[C@@H](CN(C)C)C(=O)O. The zero-order valence-corrected chi connectivity index (χ0v) is 19.2. The van der Waals surface area contributed by atoms with Crippen LogP contribution in [0.2, 0.25) is 0 Å². The number of aliphatic carboxylic acids is 1. The number of fused-ring (bicyclic) bond motifs is 3. The van der Waals surface area contributed by atoms with Gasteiger partial charge in [-0.3, -0.25) is 4.79 Å². The number of amides is 2. The maximum absolute atomic E-state index is 12.7. The van der Waals surface area contributed by atoms with Crippen molar-refractivity contribution in [3.63, 3.8) is 0 Å². The molecule has 3 rings (SSSR count). The van der Waals surface area contributed by atoms with Crippen molar-refractivity contribution in [2.45, 2.75) is 37.8 Å². The molecule has 0 spiro atoms. The molecule has 0 fully saturated rings. The average Bonchev–Trinajstić information content (AvgIpc) is 3.10. The molecule has 8 heteroatoms. The van der Waals surface area contributed by atoms with Crippen molar-refractivity contribution < 1.29 is 24.2 Å². The van der Waals surface area contributed by atoms with Crippen LogP contribution in [0.5, 0.6) is 0 Å². The summed E-state index contributed by atoms with van der Waals surface area (Å²) in [5, 5.41) is 14.5. The van der Waals surface area contributed by atoms with Crippen LogP contribution in [0.1, 0.15) is 36.8 Å². The van der Waals surface area contributed by atoms with Gasteiger partial charge in [0.05, 0.1) is 0 Å². The highest BCUT2D eigenvalue weighted by atomic mass is 16.5. The van der Waals surface area contributed by atoms with Gasteiger partial charge < -0.3 is 25.4 Å². The number of carboxylic acid groups (broad SMARTS) is 1. The van der Waals surface area contributed by atoms with E-state index in [1.54, 1.807) is 19.0 Å². The first-order chi connectivity index (χ1) is 15.8. The number of rotatable bonds is 10. The van der Waals surface area contributed by atoms with Crippen molar-refractivity contribution in [3.05, 3.63) is 59.7 Å². The molecule has 8 nitrogen and oxygen atoms in total. The van der Waals surface area contributed by atoms with Gasteiger partial charge in [-0.2, -0.15) is 0 Å². The summed E-state index contributed by atoms with van der Waals surface area (Å²) in [6, 6.07) is 14.1. The molecule has 0 saturated carbocycles. The molecule has 0 bridgehead atoms. The zero-order valence-electron chi connectivity index (χ0n) is 19.2. The van der Waals surface area contributed by atoms with Crippen LogP contribution in [0.25, 0.3) is 11.1 Å². The van der Waals surface area contributed by atoms with Crippen LogP contribution in [0.3, 0.4) is 0 Å². The molecule has 0 radical (unpaired) electrons. The van der Waals surface area contributed by atoms with Gasteiger partial charge in [-0.1, -0.05) is 61.9 Å². The van der Waals surface area contributed by atoms with Crippen LogP contribution in [-0.2, 0) is 14.3 Å². The normalized spacial score (nSPS) is 14.2. The highest BCUT2D eigenvalue weighted by Gasteiger charge is 2.30. The third-order valence-electron chi connectivity index (χ3n) is 5.69. The van der Waals surface area contributed by atoms with E-state index in [1.165, 1.54) is 0 Å². The van der Waals surface area contributed by atoms with E-state index >= 15 is 0 Å². The van der Waals surface area contributed by atoms with E-state index in [4.69, 9.17) is 4.74 Å². The lowest BCUT2D eigenvalue weighted by atomic mass is 9.98. The van der Waals surface area contributed by atoms with Gasteiger partial charge >= 0.3 is 12.1 Å². The van der Waals surface area contributed by atoms with Crippen molar-refractivity contribution in [2.24, 2.45) is 0 Å². The molecule has 33 heavy (non-hydrogen) atoms. The third kappa shape index (κ3) is 5.90. The zero-order chi connectivity index (χ0) is 24.0. The van der Waals surface area contributed by atoms with Crippen molar-refractivity contribution in [1.29, 1.82) is 0 Å². The maximum Gasteiger partial charge on any atom is 0.407 e. The van der Waals surface area contributed by atoms with Gasteiger partial charge in [0, 0.05) is 12.5 Å². The highest BCUT2D eigenvalue weighted by molar-refractivity contribution is 5.89. The van der Waals surface area contributed by atoms with E-state index in [0.29, 0.717) is 12.8 Å². The van der Waals surface area contributed by atoms with Gasteiger partial charge in [0.15, 0.2) is 0 Å². The van der Waals surface area contributed by atoms with E-state index in [9.17, 15) is 19.5 Å². The number of hydrogen-bond acceptors (Lipinski definition) is 5. The van der Waals surface area contributed by atoms with Crippen LogP contribution in [-0.4, -0.2) is 67.3 Å². The van der Waals surface area contributed by atoms with Crippen LogP contribution in [0.4, 0.5) is 4.79 Å². The first-order valence-electron chi connectivity index (χ1n) is 11.1. The molecule has 2 aromatic rings. The number of alkyl carbamates (subject to hydrolysis) is 1. The molecule has 0 aromatic heterocycles. The highest BCUT2D eigenvalue weighted by Crippen LogP contribution is 2.44. The van der Waals surface area contributed by atoms with Gasteiger partial charge in [0.2, 0.25) is 5.91 Å². The monoisotopic (exact) mass is 453 g/mol. The van der Waals surface area contributed by atoms with E-state index in [0.717, 1.165) is 22.3 Å². The summed E-state index contributed by atoms with van der Waals surface area (Å²) >= 11 is 0. The first-order valence-corrected chi connectivity index (χ1v) is 11.1. The molecule has 3 N–H and O–H groups in total. The van der Waals surface area contributed by atoms with Gasteiger partial charge in [-0.25, -0.2) is 9.59 Å². The predicted molar refractivity (Wildman–Crippen MR) is 125 cm³/mol. The molecule has 1 aliphatic rings. The van der Waals surface area contributed by atoms with Gasteiger partial charge in [-0.05, 0) is 42.8 Å². The fourth-order valence-corrected chi connectivity index (χ4v) is 4.16. The number of nitrogens with zero attached hydrogens (tertiary/aromatic N) is 1. The minimum Gasteiger partial charge on any atom is -0.480 e. The topological polar surface area (TPSA) is 108 Å². The van der Waals surface area contributed by atoms with Gasteiger partial charge in [-0.15, -0.1) is 0 Å². The van der Waals surface area contributed by atoms with Gasteiger partial charge in [0.1, 0.15) is 18.7 Å². The Labute approximate surface area is 193 Å². The second kappa shape index (κ2) is 11.0. The Bertz CT molecular complexity index is 962. The van der Waals surface area contributed by atoms with E-state index in [2.05, 4.69) is 22.8 Å². The van der Waals surface area contributed by atoms with Crippen LogP contribution < -0.4 is 10.6 Å². The summed E-state index contributed by atoms with van der Waals surface area (Å²) in [4.78, 5) is 38.4. The summed E-state index contributed by atoms with van der Waals surface area (Å²) in [6.07, 6.45) is 0.294. The van der Waals surface area contributed by atoms with Crippen LogP contribution in [0.15, 0.2) is 48.5 Å². The second-order valence-corrected chi connectivity index (χ2v) is 8.47. The molecule has 0 heterocycles. The molecule has 2 aromatic carbocycles. The number of benzene rings is 2. The molecule has 0 saturated heterocycles. The summed E-state index contributed by atoms with van der Waals surface area (Å²) in [6.45, 7) is 2.16. The van der Waals surface area contributed by atoms with Gasteiger partial charge in [0.25, 0.3) is 0 Å². The smallest absolute Gasteiger partial charge is 0.407 e. The molecule has 176 valence electrons. The molecule has 2 atom stereocenters. The lowest BCUT2D eigenvalue weighted by Crippen LogP contribution is -2.54. The lowest BCUT2D eigenvalue weighted by Gasteiger charge is -2.23. The first kappa shape index (κ1) is 24.3. The fourth-order valence-electron chi connectivity index (χ4n) is 4.16. The second-order valence-electron chi connectivity index (χ2n) is 8.47. The molecular weight excluding hydrogens is 422 g/mol. The minimum atomic E-state index is -1.13. The predicted octanol–water partition coefficient (Wildman–Crippen LogP) is 2.82. The fraction of sp³-hybridized carbons (Fsp3) is 0.400. The number of carbonyl (C=O) groups excluding carboxylic acids is 2. The Balaban J connectivity index is 1.64. The number of ether oxygens (including phenoxy) is 1. The van der Waals surface area contributed by atoms with Crippen molar-refractivity contribution >= 4 is 18.0 Å². The Morgan fingerprint density at radius 2 is 1.55 bits per heavy atom. The third-order valence-corrected chi connectivity index (χ3v) is 5.69. The minimum absolute atomic E-state index is 0.0851. The van der Waals surface area contributed by atoms with E-state index < -0.39 is 30.1 Å². The van der Waals surface area contributed by atoms with E-state index in [1.807, 2.05) is 43.3 Å². The summed E-state index contributed by atoms with van der Waals surface area (Å²) in [7, 11) is 3.45. The van der Waals surface area contributed by atoms with Crippen LogP contribution in [0, 0.1) is 0 Å². The molecule has 0 aliphatic heterocycles. The maximum atomic E-state index is 12.7. The van der Waals surface area contributed by atoms with Crippen molar-refractivity contribution in [3.8, 4) is 11.1 Å². The summed E-state index contributed by atoms with van der Waals surface area (Å²) in [5.41, 5.74) is 4.46. The number of hydrogen-bond donors (Lipinski definition) is 3. The Hall–Kier alpha value is -3.39. The van der Waals surface area contributed by atoms with Crippen molar-refractivity contribution in [2.75, 3.05) is 27.2 Å². The Morgan fingerprint density at radius 3 is 2.06 bits per heavy atom. The standard InChI is InChI=1S/C25H31N3O5/c1-4-9-21(23(29)26-22(24(30)31)14-28(2)3)27-25(32)33-15-20-18-12-7-5-10-16(18)17-11-6-8-13-19(17)20/h5-8,10-13,20-22H,4,9,14-15H2,1-3H3,(H,26,29)(H,27,32)(H,30,31)/t21?,22-/m0/s1. The Kier molecular flexibility index (Phi) is 8.06. The van der Waals surface area contributed by atoms with Crippen LogP contribution >= 0.6 is 0 Å². The largest absolute Gasteiger partial charge is 0.480 e. The molecular formula is C25H31N3O5. The number of carbonyl (C=O) groups is 3. The van der Waals surface area contributed by atoms with Crippen molar-refractivity contribution in [1.82, 2.24) is 15.5 Å². The lowest BCUT2D eigenvalue weighted by molar-refractivity contribution is -0.142. The molecule has 2 amide bonds. The number of nitrogens with one attached hydrogen (secondary N) is 2.